The Morgan fingerprint density at radius 1 is 1.20 bits per heavy atom. The molecule has 1 saturated carbocycles. The van der Waals surface area contributed by atoms with Crippen molar-refractivity contribution in [1.29, 1.82) is 0 Å². The maximum atomic E-state index is 12.5. The molecule has 1 fully saturated rings. The zero-order valence-corrected chi connectivity index (χ0v) is 16.9. The van der Waals surface area contributed by atoms with E-state index in [4.69, 9.17) is 16.7 Å². The number of benzene rings is 1. The van der Waals surface area contributed by atoms with E-state index >= 15 is 0 Å². The van der Waals surface area contributed by atoms with Crippen molar-refractivity contribution in [2.24, 2.45) is 0 Å². The number of nitro benzene ring substituents is 1. The van der Waals surface area contributed by atoms with E-state index in [1.54, 1.807) is 12.4 Å². The van der Waals surface area contributed by atoms with Gasteiger partial charge >= 0.3 is 0 Å². The fourth-order valence-electron chi connectivity index (χ4n) is 3.76. The number of nitrogens with one attached hydrogen (secondary N) is 1. The first-order valence-corrected chi connectivity index (χ1v) is 10.1. The maximum absolute atomic E-state index is 12.5. The molecule has 30 heavy (non-hydrogen) atoms. The molecule has 0 atom stereocenters. The van der Waals surface area contributed by atoms with Gasteiger partial charge in [-0.25, -0.2) is 0 Å². The van der Waals surface area contributed by atoms with Crippen LogP contribution in [0.4, 0.5) is 5.69 Å². The molecular formula is C21H20ClN5O3. The molecule has 4 rings (SSSR count). The fraction of sp³-hybridized carbons (Fsp3) is 0.286. The van der Waals surface area contributed by atoms with Gasteiger partial charge in [0.2, 0.25) is 0 Å². The lowest BCUT2D eigenvalue weighted by atomic mass is 10.1. The predicted octanol–water partition coefficient (Wildman–Crippen LogP) is 4.55. The minimum absolute atomic E-state index is 0.00570. The molecule has 0 unspecified atom stereocenters. The minimum atomic E-state index is -0.608. The smallest absolute Gasteiger partial charge is 0.288 e. The van der Waals surface area contributed by atoms with E-state index < -0.39 is 10.8 Å². The molecule has 1 N–H and O–H groups in total. The van der Waals surface area contributed by atoms with Gasteiger partial charge in [-0.1, -0.05) is 24.4 Å². The molecule has 1 amide bonds. The molecule has 2 heterocycles. The van der Waals surface area contributed by atoms with E-state index in [1.165, 1.54) is 31.0 Å². The molecule has 0 spiro atoms. The zero-order chi connectivity index (χ0) is 21.1. The monoisotopic (exact) mass is 425 g/mol. The number of carbonyl (C=O) groups excluding carboxylic acids is 1. The van der Waals surface area contributed by atoms with Crippen molar-refractivity contribution in [3.63, 3.8) is 0 Å². The number of nitro groups is 1. The van der Waals surface area contributed by atoms with Gasteiger partial charge in [-0.2, -0.15) is 5.10 Å². The Balaban J connectivity index is 1.54. The highest BCUT2D eigenvalue weighted by molar-refractivity contribution is 6.32. The molecule has 0 aliphatic heterocycles. The van der Waals surface area contributed by atoms with Crippen LogP contribution in [0, 0.1) is 10.1 Å². The predicted molar refractivity (Wildman–Crippen MR) is 112 cm³/mol. The van der Waals surface area contributed by atoms with Gasteiger partial charge in [-0.3, -0.25) is 24.6 Å². The van der Waals surface area contributed by atoms with E-state index in [1.807, 2.05) is 18.2 Å². The molecule has 9 heteroatoms. The van der Waals surface area contributed by atoms with E-state index in [2.05, 4.69) is 15.0 Å². The highest BCUT2D eigenvalue weighted by Crippen LogP contribution is 2.33. The summed E-state index contributed by atoms with van der Waals surface area (Å²) in [5.41, 5.74) is 2.63. The van der Waals surface area contributed by atoms with Gasteiger partial charge < -0.3 is 5.32 Å². The van der Waals surface area contributed by atoms with Crippen LogP contribution in [0.1, 0.15) is 47.8 Å². The van der Waals surface area contributed by atoms with Crippen LogP contribution in [0.15, 0.2) is 48.8 Å². The first kappa shape index (κ1) is 20.0. The standard InChI is InChI=1S/C21H20ClN5O3/c22-18-6-5-15(11-20(18)27(29)30)21(28)24-13-16-12-19(14-7-9-23-10-8-14)26(25-16)17-3-1-2-4-17/h5-12,17H,1-4,13H2,(H,24,28). The first-order chi connectivity index (χ1) is 14.5. The highest BCUT2D eigenvalue weighted by atomic mass is 35.5. The Bertz CT molecular complexity index is 1080. The second kappa shape index (κ2) is 8.62. The molecular weight excluding hydrogens is 406 g/mol. The summed E-state index contributed by atoms with van der Waals surface area (Å²) in [6.45, 7) is 0.215. The van der Waals surface area contributed by atoms with Crippen molar-refractivity contribution in [2.75, 3.05) is 0 Å². The van der Waals surface area contributed by atoms with Crippen molar-refractivity contribution < 1.29 is 9.72 Å². The maximum Gasteiger partial charge on any atom is 0.288 e. The summed E-state index contributed by atoms with van der Waals surface area (Å²) in [4.78, 5) is 27.0. The van der Waals surface area contributed by atoms with Crippen LogP contribution in [0.5, 0.6) is 0 Å². The fourth-order valence-corrected chi connectivity index (χ4v) is 3.95. The molecule has 0 saturated heterocycles. The van der Waals surface area contributed by atoms with Crippen molar-refractivity contribution in [2.45, 2.75) is 38.3 Å². The van der Waals surface area contributed by atoms with Gasteiger partial charge in [0.25, 0.3) is 11.6 Å². The first-order valence-electron chi connectivity index (χ1n) is 9.74. The van der Waals surface area contributed by atoms with Crippen molar-refractivity contribution in [3.05, 3.63) is 75.2 Å². The van der Waals surface area contributed by atoms with Gasteiger partial charge in [0.15, 0.2) is 0 Å². The Morgan fingerprint density at radius 2 is 1.93 bits per heavy atom. The number of nitrogens with zero attached hydrogens (tertiary/aromatic N) is 4. The second-order valence-electron chi connectivity index (χ2n) is 7.25. The van der Waals surface area contributed by atoms with Gasteiger partial charge in [0.1, 0.15) is 5.02 Å². The van der Waals surface area contributed by atoms with E-state index in [9.17, 15) is 14.9 Å². The molecule has 1 aromatic carbocycles. The Morgan fingerprint density at radius 3 is 2.63 bits per heavy atom. The quantitative estimate of drug-likeness (QED) is 0.461. The summed E-state index contributed by atoms with van der Waals surface area (Å²) in [5, 5.41) is 18.6. The number of hydrogen-bond acceptors (Lipinski definition) is 5. The average Bonchev–Trinajstić information content (AvgIpc) is 3.42. The third kappa shape index (κ3) is 4.18. The number of carbonyl (C=O) groups is 1. The third-order valence-corrected chi connectivity index (χ3v) is 5.59. The number of amides is 1. The Labute approximate surface area is 178 Å². The summed E-state index contributed by atoms with van der Waals surface area (Å²) in [5.74, 6) is -0.421. The van der Waals surface area contributed by atoms with Crippen LogP contribution in [-0.2, 0) is 6.54 Å². The van der Waals surface area contributed by atoms with Crippen molar-refractivity contribution in [3.8, 4) is 11.3 Å². The normalized spacial score (nSPS) is 14.0. The van der Waals surface area contributed by atoms with Crippen LogP contribution in [0.25, 0.3) is 11.3 Å². The van der Waals surface area contributed by atoms with E-state index in [0.29, 0.717) is 6.04 Å². The van der Waals surface area contributed by atoms with Crippen LogP contribution < -0.4 is 5.32 Å². The molecule has 8 nitrogen and oxygen atoms in total. The average molecular weight is 426 g/mol. The lowest BCUT2D eigenvalue weighted by molar-refractivity contribution is -0.384. The topological polar surface area (TPSA) is 103 Å². The molecule has 3 aromatic rings. The van der Waals surface area contributed by atoms with Crippen molar-refractivity contribution in [1.82, 2.24) is 20.1 Å². The lowest BCUT2D eigenvalue weighted by Crippen LogP contribution is -2.23. The summed E-state index contributed by atoms with van der Waals surface area (Å²) in [6.07, 6.45) is 8.02. The number of aromatic nitrogens is 3. The third-order valence-electron chi connectivity index (χ3n) is 5.27. The summed E-state index contributed by atoms with van der Waals surface area (Å²) < 4.78 is 2.05. The minimum Gasteiger partial charge on any atom is -0.346 e. The molecule has 0 radical (unpaired) electrons. The molecule has 154 valence electrons. The summed E-state index contributed by atoms with van der Waals surface area (Å²) in [7, 11) is 0. The van der Waals surface area contributed by atoms with Gasteiger partial charge in [0.05, 0.1) is 28.9 Å². The molecule has 1 aliphatic rings. The number of rotatable bonds is 6. The lowest BCUT2D eigenvalue weighted by Gasteiger charge is -2.14. The summed E-state index contributed by atoms with van der Waals surface area (Å²) >= 11 is 5.82. The second-order valence-corrected chi connectivity index (χ2v) is 7.65. The van der Waals surface area contributed by atoms with Crippen LogP contribution in [0.2, 0.25) is 5.02 Å². The van der Waals surface area contributed by atoms with Gasteiger partial charge in [-0.05, 0) is 43.2 Å². The zero-order valence-electron chi connectivity index (χ0n) is 16.1. The van der Waals surface area contributed by atoms with Gasteiger partial charge in [0, 0.05) is 29.6 Å². The summed E-state index contributed by atoms with van der Waals surface area (Å²) in [6, 6.07) is 10.2. The molecule has 2 aromatic heterocycles. The van der Waals surface area contributed by atoms with Crippen LogP contribution in [0.3, 0.4) is 0 Å². The molecule has 0 bridgehead atoms. The van der Waals surface area contributed by atoms with E-state index in [-0.39, 0.29) is 22.8 Å². The largest absolute Gasteiger partial charge is 0.346 e. The van der Waals surface area contributed by atoms with E-state index in [0.717, 1.165) is 29.8 Å². The van der Waals surface area contributed by atoms with Gasteiger partial charge in [-0.15, -0.1) is 0 Å². The number of pyridine rings is 1. The van der Waals surface area contributed by atoms with Crippen LogP contribution in [-0.4, -0.2) is 25.6 Å². The SMILES string of the molecule is O=C(NCc1cc(-c2ccncc2)n(C2CCCC2)n1)c1ccc(Cl)c([N+](=O)[O-])c1. The molecule has 1 aliphatic carbocycles. The highest BCUT2D eigenvalue weighted by Gasteiger charge is 2.22. The Hall–Kier alpha value is -3.26. The van der Waals surface area contributed by atoms with Crippen molar-refractivity contribution >= 4 is 23.2 Å². The Kier molecular flexibility index (Phi) is 5.76. The number of halogens is 1. The number of hydrogen-bond donors (Lipinski definition) is 1. The van der Waals surface area contributed by atoms with Crippen LogP contribution >= 0.6 is 11.6 Å².